The number of hydrogen-bond acceptors (Lipinski definition) is 3. The van der Waals surface area contributed by atoms with Crippen molar-refractivity contribution in [2.24, 2.45) is 5.92 Å². The van der Waals surface area contributed by atoms with Gasteiger partial charge in [0.25, 0.3) is 0 Å². The third kappa shape index (κ3) is 3.93. The van der Waals surface area contributed by atoms with Crippen molar-refractivity contribution >= 4 is 11.9 Å². The first-order valence-corrected chi connectivity index (χ1v) is 10.1. The summed E-state index contributed by atoms with van der Waals surface area (Å²) in [5, 5.41) is 0. The third-order valence-corrected chi connectivity index (χ3v) is 6.05. The second-order valence-electron chi connectivity index (χ2n) is 7.94. The molecule has 4 nitrogen and oxygen atoms in total. The highest BCUT2D eigenvalue weighted by molar-refractivity contribution is 5.98. The highest BCUT2D eigenvalue weighted by Crippen LogP contribution is 2.39. The van der Waals surface area contributed by atoms with Gasteiger partial charge in [-0.05, 0) is 49.8 Å². The minimum absolute atomic E-state index is 0.150. The molecule has 2 aromatic rings. The van der Waals surface area contributed by atoms with Crippen LogP contribution in [0.2, 0.25) is 0 Å². The van der Waals surface area contributed by atoms with Gasteiger partial charge in [-0.3, -0.25) is 4.79 Å². The second kappa shape index (κ2) is 8.50. The molecule has 7 heteroatoms. The number of benzene rings is 2. The number of carbonyl (C=O) groups is 2. The van der Waals surface area contributed by atoms with E-state index in [2.05, 4.69) is 0 Å². The number of piperidine rings is 2. The monoisotopic (exact) mass is 417 g/mol. The van der Waals surface area contributed by atoms with Crippen molar-refractivity contribution in [2.45, 2.75) is 50.8 Å². The molecule has 0 radical (unpaired) electrons. The molecule has 2 heterocycles. The lowest BCUT2D eigenvalue weighted by Crippen LogP contribution is -2.55. The number of fused-ring (bicyclic) bond motifs is 2. The molecule has 30 heavy (non-hydrogen) atoms. The lowest BCUT2D eigenvalue weighted by Gasteiger charge is -2.47. The molecule has 2 saturated heterocycles. The van der Waals surface area contributed by atoms with Crippen LogP contribution in [-0.4, -0.2) is 28.9 Å². The van der Waals surface area contributed by atoms with Gasteiger partial charge in [0.2, 0.25) is 0 Å². The Morgan fingerprint density at radius 3 is 2.23 bits per heavy atom. The Morgan fingerprint density at radius 2 is 1.57 bits per heavy atom. The van der Waals surface area contributed by atoms with Gasteiger partial charge >= 0.3 is 6.09 Å². The fraction of sp³-hybridized carbons (Fsp3) is 0.391. The van der Waals surface area contributed by atoms with Crippen LogP contribution in [0.25, 0.3) is 0 Å². The fourth-order valence-corrected chi connectivity index (χ4v) is 4.64. The van der Waals surface area contributed by atoms with Crippen LogP contribution in [0.5, 0.6) is 0 Å². The zero-order valence-corrected chi connectivity index (χ0v) is 16.3. The van der Waals surface area contributed by atoms with E-state index in [9.17, 15) is 22.8 Å². The van der Waals surface area contributed by atoms with Gasteiger partial charge in [-0.2, -0.15) is 0 Å². The van der Waals surface area contributed by atoms with Crippen molar-refractivity contribution in [1.82, 2.24) is 4.90 Å². The van der Waals surface area contributed by atoms with Crippen LogP contribution < -0.4 is 0 Å². The standard InChI is InChI=1S/C23H22F3NO3/c24-18-9-10-19(25)21(26)20(18)22(28)15-11-16-7-4-8-17(12-15)27(16)23(29)30-13-14-5-2-1-3-6-14/h1-3,5-6,9-10,15-17H,4,7-8,11-13H2. The first kappa shape index (κ1) is 20.4. The Morgan fingerprint density at radius 1 is 0.933 bits per heavy atom. The third-order valence-electron chi connectivity index (χ3n) is 6.05. The van der Waals surface area contributed by atoms with E-state index in [1.54, 1.807) is 4.90 Å². The van der Waals surface area contributed by atoms with Gasteiger partial charge in [0.05, 0.1) is 5.56 Å². The van der Waals surface area contributed by atoms with E-state index in [1.807, 2.05) is 30.3 Å². The fourth-order valence-electron chi connectivity index (χ4n) is 4.64. The average Bonchev–Trinajstić information content (AvgIpc) is 2.74. The van der Waals surface area contributed by atoms with Crippen LogP contribution in [0.15, 0.2) is 42.5 Å². The number of ether oxygens (including phenoxy) is 1. The largest absolute Gasteiger partial charge is 0.445 e. The molecule has 2 aromatic carbocycles. The topological polar surface area (TPSA) is 46.6 Å². The minimum atomic E-state index is -1.45. The Labute approximate surface area is 172 Å². The van der Waals surface area contributed by atoms with Crippen molar-refractivity contribution in [3.05, 3.63) is 71.0 Å². The molecule has 158 valence electrons. The second-order valence-corrected chi connectivity index (χ2v) is 7.94. The summed E-state index contributed by atoms with van der Waals surface area (Å²) < 4.78 is 47.2. The van der Waals surface area contributed by atoms with Gasteiger partial charge in [-0.15, -0.1) is 0 Å². The normalized spacial score (nSPS) is 23.2. The molecule has 0 aromatic heterocycles. The van der Waals surface area contributed by atoms with Gasteiger partial charge < -0.3 is 9.64 Å². The van der Waals surface area contributed by atoms with E-state index in [0.717, 1.165) is 18.1 Å². The lowest BCUT2D eigenvalue weighted by molar-refractivity contribution is 0.00454. The van der Waals surface area contributed by atoms with Gasteiger partial charge in [0.1, 0.15) is 12.4 Å². The molecule has 2 unspecified atom stereocenters. The molecule has 2 fully saturated rings. The summed E-state index contributed by atoms with van der Waals surface area (Å²) >= 11 is 0. The van der Waals surface area contributed by atoms with Crippen molar-refractivity contribution in [2.75, 3.05) is 0 Å². The van der Waals surface area contributed by atoms with Gasteiger partial charge in [0.15, 0.2) is 17.4 Å². The Bertz CT molecular complexity index is 936. The van der Waals surface area contributed by atoms with Crippen molar-refractivity contribution in [3.8, 4) is 0 Å². The summed E-state index contributed by atoms with van der Waals surface area (Å²) in [6, 6.07) is 10.3. The summed E-state index contributed by atoms with van der Waals surface area (Å²) in [4.78, 5) is 27.2. The van der Waals surface area contributed by atoms with E-state index >= 15 is 0 Å². The number of rotatable bonds is 4. The van der Waals surface area contributed by atoms with Crippen molar-refractivity contribution < 1.29 is 27.5 Å². The maximum absolute atomic E-state index is 14.1. The Kier molecular flexibility index (Phi) is 5.79. The molecule has 1 amide bonds. The molecule has 2 aliphatic rings. The number of carbonyl (C=O) groups excluding carboxylic acids is 2. The molecule has 2 bridgehead atoms. The van der Waals surface area contributed by atoms with E-state index in [4.69, 9.17) is 4.74 Å². The number of ketones is 1. The smallest absolute Gasteiger partial charge is 0.410 e. The summed E-state index contributed by atoms with van der Waals surface area (Å²) in [7, 11) is 0. The quantitative estimate of drug-likeness (QED) is 0.504. The molecular formula is C23H22F3NO3. The van der Waals surface area contributed by atoms with Crippen LogP contribution in [0.3, 0.4) is 0 Å². The molecule has 2 aliphatic heterocycles. The molecule has 0 aliphatic carbocycles. The minimum Gasteiger partial charge on any atom is -0.445 e. The predicted molar refractivity (Wildman–Crippen MR) is 103 cm³/mol. The van der Waals surface area contributed by atoms with Crippen LogP contribution in [0.1, 0.15) is 48.0 Å². The Hall–Kier alpha value is -2.83. The summed E-state index contributed by atoms with van der Waals surface area (Å²) in [5.41, 5.74) is 0.0521. The number of amides is 1. The predicted octanol–water partition coefficient (Wildman–Crippen LogP) is 5.26. The van der Waals surface area contributed by atoms with Crippen LogP contribution in [-0.2, 0) is 11.3 Å². The number of hydrogen-bond donors (Lipinski definition) is 0. The number of Topliss-reactive ketones (excluding diaryl/α,β-unsaturated/α-hetero) is 1. The molecule has 0 saturated carbocycles. The van der Waals surface area contributed by atoms with Gasteiger partial charge in [0, 0.05) is 18.0 Å². The van der Waals surface area contributed by atoms with Gasteiger partial charge in [-0.25, -0.2) is 18.0 Å². The lowest BCUT2D eigenvalue weighted by atomic mass is 9.75. The maximum Gasteiger partial charge on any atom is 0.410 e. The Balaban J connectivity index is 1.48. The highest BCUT2D eigenvalue weighted by Gasteiger charge is 2.44. The van der Waals surface area contributed by atoms with Crippen molar-refractivity contribution in [3.63, 3.8) is 0 Å². The molecule has 2 atom stereocenters. The SMILES string of the molecule is O=C(c1c(F)ccc(F)c1F)C1CC2CCCC(C1)N2C(=O)OCc1ccccc1. The van der Waals surface area contributed by atoms with Gasteiger partial charge in [-0.1, -0.05) is 30.3 Å². The molecule has 0 N–H and O–H groups in total. The number of nitrogens with zero attached hydrogens (tertiary/aromatic N) is 1. The summed E-state index contributed by atoms with van der Waals surface area (Å²) in [5.74, 6) is -5.16. The van der Waals surface area contributed by atoms with E-state index in [1.165, 1.54) is 0 Å². The van der Waals surface area contributed by atoms with Crippen LogP contribution >= 0.6 is 0 Å². The van der Waals surface area contributed by atoms with Crippen LogP contribution in [0, 0.1) is 23.4 Å². The highest BCUT2D eigenvalue weighted by atomic mass is 19.2. The average molecular weight is 417 g/mol. The first-order valence-electron chi connectivity index (χ1n) is 10.1. The zero-order chi connectivity index (χ0) is 21.3. The summed E-state index contributed by atoms with van der Waals surface area (Å²) in [6.07, 6.45) is 2.41. The molecule has 4 rings (SSSR count). The molecular weight excluding hydrogens is 395 g/mol. The van der Waals surface area contributed by atoms with E-state index < -0.39 is 40.8 Å². The van der Waals surface area contributed by atoms with Crippen molar-refractivity contribution in [1.29, 1.82) is 0 Å². The van der Waals surface area contributed by atoms with Crippen LogP contribution in [0.4, 0.5) is 18.0 Å². The maximum atomic E-state index is 14.1. The van der Waals surface area contributed by atoms with E-state index in [-0.39, 0.29) is 31.5 Å². The molecule has 0 spiro atoms. The summed E-state index contributed by atoms with van der Waals surface area (Å²) in [6.45, 7) is 0.150. The zero-order valence-electron chi connectivity index (χ0n) is 16.3. The first-order chi connectivity index (χ1) is 14.5. The van der Waals surface area contributed by atoms with E-state index in [0.29, 0.717) is 18.9 Å². The number of halogens is 3.